The molecule has 0 saturated carbocycles. The summed E-state index contributed by atoms with van der Waals surface area (Å²) in [7, 11) is 1.52. The number of aliphatic carboxylic acids is 1. The molecule has 0 aliphatic carbocycles. The minimum absolute atomic E-state index is 0.0414. The van der Waals surface area contributed by atoms with Crippen LogP contribution in [0.15, 0.2) is 34.9 Å². The van der Waals surface area contributed by atoms with E-state index in [1.165, 1.54) is 13.2 Å². The molecule has 0 aliphatic rings. The van der Waals surface area contributed by atoms with E-state index >= 15 is 0 Å². The van der Waals surface area contributed by atoms with E-state index in [9.17, 15) is 14.7 Å². The van der Waals surface area contributed by atoms with Crippen molar-refractivity contribution in [2.45, 2.75) is 32.2 Å². The maximum atomic E-state index is 12.3. The van der Waals surface area contributed by atoms with Gasteiger partial charge in [0.2, 0.25) is 0 Å². The van der Waals surface area contributed by atoms with E-state index in [2.05, 4.69) is 10.5 Å². The molecule has 1 aromatic carbocycles. The molecule has 1 unspecified atom stereocenters. The molecule has 2 N–H and O–H groups in total. The third-order valence-electron chi connectivity index (χ3n) is 3.45. The predicted molar refractivity (Wildman–Crippen MR) is 86.0 cm³/mol. The second-order valence-electron chi connectivity index (χ2n) is 6.34. The zero-order chi connectivity index (χ0) is 17.9. The fourth-order valence-corrected chi connectivity index (χ4v) is 2.02. The minimum Gasteiger partial charge on any atom is -0.497 e. The smallest absolute Gasteiger partial charge is 0.330 e. The van der Waals surface area contributed by atoms with Crippen molar-refractivity contribution in [3.63, 3.8) is 0 Å². The molecule has 128 valence electrons. The molecular weight excluding hydrogens is 312 g/mol. The van der Waals surface area contributed by atoms with E-state index in [0.717, 1.165) is 0 Å². The van der Waals surface area contributed by atoms with Gasteiger partial charge in [-0.15, -0.1) is 0 Å². The highest BCUT2D eigenvalue weighted by Crippen LogP contribution is 2.23. The van der Waals surface area contributed by atoms with Crippen molar-refractivity contribution < 1.29 is 24.0 Å². The van der Waals surface area contributed by atoms with Crippen LogP contribution in [0.3, 0.4) is 0 Å². The molecule has 0 radical (unpaired) electrons. The first-order valence-corrected chi connectivity index (χ1v) is 7.37. The highest BCUT2D eigenvalue weighted by Gasteiger charge is 2.26. The number of hydrogen-bond donors (Lipinski definition) is 2. The second-order valence-corrected chi connectivity index (χ2v) is 6.34. The maximum absolute atomic E-state index is 12.3. The van der Waals surface area contributed by atoms with Crippen LogP contribution in [0.2, 0.25) is 0 Å². The summed E-state index contributed by atoms with van der Waals surface area (Å²) in [4.78, 5) is 23.8. The van der Waals surface area contributed by atoms with E-state index in [1.54, 1.807) is 24.3 Å². The van der Waals surface area contributed by atoms with Crippen LogP contribution in [-0.4, -0.2) is 29.2 Å². The van der Waals surface area contributed by atoms with Crippen LogP contribution in [0.25, 0.3) is 0 Å². The van der Waals surface area contributed by atoms with Gasteiger partial charge >= 0.3 is 5.97 Å². The number of carboxylic acids is 1. The third kappa shape index (κ3) is 3.92. The van der Waals surface area contributed by atoms with Crippen LogP contribution >= 0.6 is 0 Å². The number of carbonyl (C=O) groups is 2. The van der Waals surface area contributed by atoms with Gasteiger partial charge in [-0.3, -0.25) is 4.79 Å². The lowest BCUT2D eigenvalue weighted by molar-refractivity contribution is -0.139. The first kappa shape index (κ1) is 17.5. The van der Waals surface area contributed by atoms with Crippen molar-refractivity contribution in [1.82, 2.24) is 10.5 Å². The number of nitrogens with one attached hydrogen (secondary N) is 1. The standard InChI is InChI=1S/C17H20N2O5/c1-17(2,3)13-9-12(19-24-13)15(20)18-14(16(21)22)10-5-7-11(23-4)8-6-10/h5-9,14H,1-4H3,(H,18,20)(H,21,22). The van der Waals surface area contributed by atoms with Crippen molar-refractivity contribution in [1.29, 1.82) is 0 Å². The van der Waals surface area contributed by atoms with Gasteiger partial charge < -0.3 is 19.7 Å². The largest absolute Gasteiger partial charge is 0.497 e. The van der Waals surface area contributed by atoms with Crippen LogP contribution in [0.4, 0.5) is 0 Å². The SMILES string of the molecule is COc1ccc(C(NC(=O)c2cc(C(C)(C)C)on2)C(=O)O)cc1. The van der Waals surface area contributed by atoms with Crippen molar-refractivity contribution in [2.24, 2.45) is 0 Å². The Morgan fingerprint density at radius 1 is 1.25 bits per heavy atom. The normalized spacial score (nSPS) is 12.5. The summed E-state index contributed by atoms with van der Waals surface area (Å²) in [6, 6.07) is 6.75. The van der Waals surface area contributed by atoms with E-state index < -0.39 is 17.9 Å². The topological polar surface area (TPSA) is 102 Å². The molecule has 7 heteroatoms. The molecule has 1 aromatic heterocycles. The molecule has 0 fully saturated rings. The van der Waals surface area contributed by atoms with Gasteiger partial charge in [0, 0.05) is 11.5 Å². The lowest BCUT2D eigenvalue weighted by Crippen LogP contribution is -2.33. The van der Waals surface area contributed by atoms with Crippen LogP contribution < -0.4 is 10.1 Å². The first-order chi connectivity index (χ1) is 11.2. The predicted octanol–water partition coefficient (Wildman–Crippen LogP) is 2.54. The average Bonchev–Trinajstić information content (AvgIpc) is 3.02. The van der Waals surface area contributed by atoms with Crippen molar-refractivity contribution in [3.05, 3.63) is 47.3 Å². The number of ether oxygens (including phenoxy) is 1. The van der Waals surface area contributed by atoms with Crippen molar-refractivity contribution in [2.75, 3.05) is 7.11 Å². The number of carboxylic acid groups (broad SMARTS) is 1. The highest BCUT2D eigenvalue weighted by atomic mass is 16.5. The van der Waals surface area contributed by atoms with Gasteiger partial charge in [0.05, 0.1) is 7.11 Å². The quantitative estimate of drug-likeness (QED) is 0.872. The number of rotatable bonds is 5. The number of carbonyl (C=O) groups excluding carboxylic acids is 1. The van der Waals surface area contributed by atoms with Gasteiger partial charge in [0.1, 0.15) is 11.5 Å². The molecule has 2 aromatic rings. The Morgan fingerprint density at radius 3 is 2.33 bits per heavy atom. The number of amides is 1. The fraction of sp³-hybridized carbons (Fsp3) is 0.353. The van der Waals surface area contributed by atoms with Gasteiger partial charge in [-0.2, -0.15) is 0 Å². The molecule has 0 aliphatic heterocycles. The molecular formula is C17H20N2O5. The zero-order valence-electron chi connectivity index (χ0n) is 14.0. The van der Waals surface area contributed by atoms with Crippen molar-refractivity contribution >= 4 is 11.9 Å². The lowest BCUT2D eigenvalue weighted by atomic mass is 9.93. The Hall–Kier alpha value is -2.83. The van der Waals surface area contributed by atoms with Gasteiger partial charge in [-0.25, -0.2) is 4.79 Å². The maximum Gasteiger partial charge on any atom is 0.330 e. The van der Waals surface area contributed by atoms with E-state index in [1.807, 2.05) is 20.8 Å². The van der Waals surface area contributed by atoms with Crippen LogP contribution in [0, 0.1) is 0 Å². The Morgan fingerprint density at radius 2 is 1.88 bits per heavy atom. The van der Waals surface area contributed by atoms with Gasteiger partial charge in [0.25, 0.3) is 5.91 Å². The molecule has 1 heterocycles. The van der Waals surface area contributed by atoms with E-state index in [4.69, 9.17) is 9.26 Å². The molecule has 2 rings (SSSR count). The summed E-state index contributed by atoms with van der Waals surface area (Å²) < 4.78 is 10.2. The summed E-state index contributed by atoms with van der Waals surface area (Å²) in [5.41, 5.74) is 0.171. The molecule has 0 spiro atoms. The van der Waals surface area contributed by atoms with Gasteiger partial charge in [-0.1, -0.05) is 38.1 Å². The molecule has 0 saturated heterocycles. The third-order valence-corrected chi connectivity index (χ3v) is 3.45. The summed E-state index contributed by atoms with van der Waals surface area (Å²) >= 11 is 0. The highest BCUT2D eigenvalue weighted by molar-refractivity contribution is 5.95. The molecule has 7 nitrogen and oxygen atoms in total. The van der Waals surface area contributed by atoms with Gasteiger partial charge in [0.15, 0.2) is 11.7 Å². The Balaban J connectivity index is 2.19. The monoisotopic (exact) mass is 332 g/mol. The van der Waals surface area contributed by atoms with Crippen LogP contribution in [-0.2, 0) is 10.2 Å². The Kier molecular flexibility index (Phi) is 4.92. The lowest BCUT2D eigenvalue weighted by Gasteiger charge is -2.14. The second kappa shape index (κ2) is 6.74. The van der Waals surface area contributed by atoms with E-state index in [0.29, 0.717) is 17.1 Å². The minimum atomic E-state index is -1.20. The zero-order valence-corrected chi connectivity index (χ0v) is 14.0. The molecule has 1 atom stereocenters. The number of methoxy groups -OCH3 is 1. The Bertz CT molecular complexity index is 728. The summed E-state index contributed by atoms with van der Waals surface area (Å²) in [5.74, 6) is -0.643. The molecule has 0 bridgehead atoms. The van der Waals surface area contributed by atoms with Crippen LogP contribution in [0.1, 0.15) is 48.6 Å². The Labute approximate surface area is 139 Å². The fourth-order valence-electron chi connectivity index (χ4n) is 2.02. The van der Waals surface area contributed by atoms with Crippen molar-refractivity contribution in [3.8, 4) is 5.75 Å². The number of hydrogen-bond acceptors (Lipinski definition) is 5. The summed E-state index contributed by atoms with van der Waals surface area (Å²) in [6.07, 6.45) is 0. The molecule has 24 heavy (non-hydrogen) atoms. The number of aromatic nitrogens is 1. The number of nitrogens with zero attached hydrogens (tertiary/aromatic N) is 1. The number of benzene rings is 1. The van der Waals surface area contributed by atoms with Gasteiger partial charge in [-0.05, 0) is 17.7 Å². The summed E-state index contributed by atoms with van der Waals surface area (Å²) in [5, 5.41) is 15.6. The molecule has 1 amide bonds. The first-order valence-electron chi connectivity index (χ1n) is 7.37. The summed E-state index contributed by atoms with van der Waals surface area (Å²) in [6.45, 7) is 5.77. The van der Waals surface area contributed by atoms with E-state index in [-0.39, 0.29) is 11.1 Å². The average molecular weight is 332 g/mol. The van der Waals surface area contributed by atoms with Crippen LogP contribution in [0.5, 0.6) is 5.75 Å².